The molecule has 0 heterocycles. The quantitative estimate of drug-likeness (QED) is 0.702. The molecule has 2 nitrogen and oxygen atoms in total. The zero-order valence-corrected chi connectivity index (χ0v) is 8.99. The number of aryl methyl sites for hydroxylation is 1. The molecular formula is C11H17BO2. The van der Waals surface area contributed by atoms with Gasteiger partial charge in [0.05, 0.1) is 0 Å². The maximum Gasteiger partial charge on any atom is 0.488 e. The minimum absolute atomic E-state index is 0.420. The Balaban J connectivity index is 3.14. The summed E-state index contributed by atoms with van der Waals surface area (Å²) in [6.07, 6.45) is 0.981. The number of hydrogen-bond acceptors (Lipinski definition) is 2. The first-order valence-electron chi connectivity index (χ1n) is 5.05. The van der Waals surface area contributed by atoms with E-state index in [4.69, 9.17) is 10.0 Å². The average Bonchev–Trinajstić information content (AvgIpc) is 2.16. The van der Waals surface area contributed by atoms with Crippen LogP contribution in [0.5, 0.6) is 0 Å². The van der Waals surface area contributed by atoms with Crippen LogP contribution in [-0.2, 0) is 6.42 Å². The van der Waals surface area contributed by atoms with Crippen LogP contribution in [-0.4, -0.2) is 17.2 Å². The molecule has 0 atom stereocenters. The summed E-state index contributed by atoms with van der Waals surface area (Å²) in [5.74, 6) is 0.420. The largest absolute Gasteiger partial charge is 0.488 e. The van der Waals surface area contributed by atoms with Crippen molar-refractivity contribution in [1.29, 1.82) is 0 Å². The predicted octanol–water partition coefficient (Wildman–Crippen LogP) is 1.05. The van der Waals surface area contributed by atoms with Crippen molar-refractivity contribution in [3.63, 3.8) is 0 Å². The molecule has 14 heavy (non-hydrogen) atoms. The van der Waals surface area contributed by atoms with E-state index in [0.29, 0.717) is 11.4 Å². The molecule has 1 rings (SSSR count). The molecule has 2 N–H and O–H groups in total. The molecule has 0 fully saturated rings. The Labute approximate surface area is 85.7 Å². The summed E-state index contributed by atoms with van der Waals surface area (Å²) >= 11 is 0. The summed E-state index contributed by atoms with van der Waals surface area (Å²) < 4.78 is 0. The van der Waals surface area contributed by atoms with Gasteiger partial charge >= 0.3 is 7.12 Å². The first kappa shape index (κ1) is 11.3. The van der Waals surface area contributed by atoms with Crippen LogP contribution in [0.3, 0.4) is 0 Å². The Kier molecular flexibility index (Phi) is 3.73. The van der Waals surface area contributed by atoms with Crippen LogP contribution >= 0.6 is 0 Å². The smallest absolute Gasteiger partial charge is 0.423 e. The molecule has 3 heteroatoms. The van der Waals surface area contributed by atoms with E-state index in [1.54, 1.807) is 6.07 Å². The molecule has 0 unspecified atom stereocenters. The van der Waals surface area contributed by atoms with Crippen molar-refractivity contribution in [3.05, 3.63) is 29.3 Å². The molecule has 1 aromatic carbocycles. The summed E-state index contributed by atoms with van der Waals surface area (Å²) in [5.41, 5.74) is 3.06. The van der Waals surface area contributed by atoms with Crippen molar-refractivity contribution in [2.24, 2.45) is 0 Å². The molecule has 0 amide bonds. The number of benzene rings is 1. The number of hydrogen-bond donors (Lipinski definition) is 2. The van der Waals surface area contributed by atoms with Crippen molar-refractivity contribution in [3.8, 4) is 0 Å². The molecule has 0 radical (unpaired) electrons. The SMILES string of the molecule is CCc1ccc(B(O)O)cc1C(C)C. The Bertz CT molecular complexity index is 308. The van der Waals surface area contributed by atoms with Gasteiger partial charge in [0.25, 0.3) is 0 Å². The highest BCUT2D eigenvalue weighted by Gasteiger charge is 2.14. The van der Waals surface area contributed by atoms with Crippen molar-refractivity contribution < 1.29 is 10.0 Å². The second-order valence-corrected chi connectivity index (χ2v) is 3.84. The molecule has 0 spiro atoms. The van der Waals surface area contributed by atoms with Gasteiger partial charge in [0.15, 0.2) is 0 Å². The maximum absolute atomic E-state index is 9.05. The Hall–Kier alpha value is -0.795. The van der Waals surface area contributed by atoms with Crippen LogP contribution < -0.4 is 5.46 Å². The lowest BCUT2D eigenvalue weighted by atomic mass is 9.77. The fourth-order valence-corrected chi connectivity index (χ4v) is 1.63. The highest BCUT2D eigenvalue weighted by atomic mass is 16.4. The minimum Gasteiger partial charge on any atom is -0.423 e. The molecule has 0 saturated heterocycles. The molecule has 1 aromatic rings. The Morgan fingerprint density at radius 3 is 2.36 bits per heavy atom. The van der Waals surface area contributed by atoms with Gasteiger partial charge in [-0.3, -0.25) is 0 Å². The molecule has 0 aliphatic rings. The van der Waals surface area contributed by atoms with Crippen molar-refractivity contribution in [1.82, 2.24) is 0 Å². The van der Waals surface area contributed by atoms with Crippen LogP contribution in [0, 0.1) is 0 Å². The summed E-state index contributed by atoms with van der Waals surface area (Å²) in [4.78, 5) is 0. The zero-order chi connectivity index (χ0) is 10.7. The van der Waals surface area contributed by atoms with Gasteiger partial charge < -0.3 is 10.0 Å². The van der Waals surface area contributed by atoms with Crippen LogP contribution in [0.15, 0.2) is 18.2 Å². The van der Waals surface area contributed by atoms with E-state index in [9.17, 15) is 0 Å². The van der Waals surface area contributed by atoms with Gasteiger partial charge in [-0.2, -0.15) is 0 Å². The molecule has 0 aliphatic heterocycles. The second kappa shape index (κ2) is 4.62. The van der Waals surface area contributed by atoms with E-state index in [1.165, 1.54) is 11.1 Å². The first-order valence-corrected chi connectivity index (χ1v) is 5.05. The van der Waals surface area contributed by atoms with E-state index < -0.39 is 7.12 Å². The normalized spacial score (nSPS) is 10.7. The zero-order valence-electron chi connectivity index (χ0n) is 8.99. The number of rotatable bonds is 3. The Morgan fingerprint density at radius 1 is 1.29 bits per heavy atom. The summed E-state index contributed by atoms with van der Waals surface area (Å²) in [7, 11) is -1.36. The molecule has 0 saturated carbocycles. The molecule has 0 aliphatic carbocycles. The van der Waals surface area contributed by atoms with E-state index in [1.807, 2.05) is 12.1 Å². The van der Waals surface area contributed by atoms with E-state index in [0.717, 1.165) is 6.42 Å². The second-order valence-electron chi connectivity index (χ2n) is 3.84. The lowest BCUT2D eigenvalue weighted by Gasteiger charge is -2.13. The third-order valence-corrected chi connectivity index (χ3v) is 2.47. The fraction of sp³-hybridized carbons (Fsp3) is 0.455. The summed E-state index contributed by atoms with van der Waals surface area (Å²) in [6, 6.07) is 5.63. The van der Waals surface area contributed by atoms with Crippen LogP contribution in [0.4, 0.5) is 0 Å². The van der Waals surface area contributed by atoms with Crippen LogP contribution in [0.2, 0.25) is 0 Å². The van der Waals surface area contributed by atoms with E-state index in [2.05, 4.69) is 20.8 Å². The summed E-state index contributed by atoms with van der Waals surface area (Å²) in [6.45, 7) is 6.33. The molecule has 76 valence electrons. The standard InChI is InChI=1S/C11H17BO2/c1-4-9-5-6-10(12(13)14)7-11(9)8(2)3/h5-8,13-14H,4H2,1-3H3. The van der Waals surface area contributed by atoms with Gasteiger partial charge in [0.1, 0.15) is 0 Å². The third kappa shape index (κ3) is 2.37. The summed E-state index contributed by atoms with van der Waals surface area (Å²) in [5, 5.41) is 18.1. The van der Waals surface area contributed by atoms with Crippen molar-refractivity contribution >= 4 is 12.6 Å². The van der Waals surface area contributed by atoms with E-state index >= 15 is 0 Å². The van der Waals surface area contributed by atoms with Gasteiger partial charge in [0, 0.05) is 0 Å². The molecular weight excluding hydrogens is 175 g/mol. The topological polar surface area (TPSA) is 40.5 Å². The van der Waals surface area contributed by atoms with Crippen LogP contribution in [0.1, 0.15) is 37.8 Å². The predicted molar refractivity (Wildman–Crippen MR) is 59.7 cm³/mol. The van der Waals surface area contributed by atoms with Gasteiger partial charge in [-0.05, 0) is 28.9 Å². The van der Waals surface area contributed by atoms with Gasteiger partial charge in [-0.1, -0.05) is 39.0 Å². The third-order valence-electron chi connectivity index (χ3n) is 2.47. The maximum atomic E-state index is 9.05. The van der Waals surface area contributed by atoms with Gasteiger partial charge in [-0.15, -0.1) is 0 Å². The van der Waals surface area contributed by atoms with Gasteiger partial charge in [0.2, 0.25) is 0 Å². The Morgan fingerprint density at radius 2 is 1.93 bits per heavy atom. The molecule has 0 bridgehead atoms. The average molecular weight is 192 g/mol. The highest BCUT2D eigenvalue weighted by Crippen LogP contribution is 2.18. The van der Waals surface area contributed by atoms with Gasteiger partial charge in [-0.25, -0.2) is 0 Å². The molecule has 0 aromatic heterocycles. The lowest BCUT2D eigenvalue weighted by molar-refractivity contribution is 0.425. The van der Waals surface area contributed by atoms with Crippen molar-refractivity contribution in [2.45, 2.75) is 33.1 Å². The highest BCUT2D eigenvalue weighted by molar-refractivity contribution is 6.58. The lowest BCUT2D eigenvalue weighted by Crippen LogP contribution is -2.30. The van der Waals surface area contributed by atoms with E-state index in [-0.39, 0.29) is 0 Å². The minimum atomic E-state index is -1.36. The monoisotopic (exact) mass is 192 g/mol. The first-order chi connectivity index (χ1) is 6.56. The van der Waals surface area contributed by atoms with Crippen LogP contribution in [0.25, 0.3) is 0 Å². The fourth-order valence-electron chi connectivity index (χ4n) is 1.63. The van der Waals surface area contributed by atoms with Crippen molar-refractivity contribution in [2.75, 3.05) is 0 Å².